The van der Waals surface area contributed by atoms with E-state index in [1.54, 1.807) is 18.2 Å². The van der Waals surface area contributed by atoms with Crippen LogP contribution in [0.1, 0.15) is 32.1 Å². The highest BCUT2D eigenvalue weighted by atomic mass is 19.1. The molecule has 24 heavy (non-hydrogen) atoms. The zero-order chi connectivity index (χ0) is 16.9. The van der Waals surface area contributed by atoms with Gasteiger partial charge in [0.15, 0.2) is 11.7 Å². The van der Waals surface area contributed by atoms with Crippen LogP contribution in [-0.2, 0) is 11.2 Å². The summed E-state index contributed by atoms with van der Waals surface area (Å²) in [5.41, 5.74) is 0.378. The standard InChI is InChI=1S/C18H22FN3O2/c1-12-15(7-4-10-20-12)22-17(23)8-9-18-21-11-16(24-18)13-5-2-3-6-14(13)19/h2-3,5-6,11-12,15,20H,4,7-10H2,1H3,(H,22,23). The number of halogens is 1. The number of aryl methyl sites for hydroxylation is 1. The van der Waals surface area contributed by atoms with E-state index in [4.69, 9.17) is 4.42 Å². The second kappa shape index (κ2) is 7.57. The maximum atomic E-state index is 13.7. The molecule has 2 unspecified atom stereocenters. The number of carbonyl (C=O) groups excluding carboxylic acids is 1. The summed E-state index contributed by atoms with van der Waals surface area (Å²) in [4.78, 5) is 16.2. The molecule has 0 saturated carbocycles. The quantitative estimate of drug-likeness (QED) is 0.884. The Kier molecular flexibility index (Phi) is 5.25. The van der Waals surface area contributed by atoms with Crippen molar-refractivity contribution in [1.29, 1.82) is 0 Å². The molecule has 5 nitrogen and oxygen atoms in total. The van der Waals surface area contributed by atoms with E-state index >= 15 is 0 Å². The van der Waals surface area contributed by atoms with Crippen molar-refractivity contribution in [2.24, 2.45) is 0 Å². The molecule has 128 valence electrons. The highest BCUT2D eigenvalue weighted by molar-refractivity contribution is 5.76. The number of oxazole rings is 1. The lowest BCUT2D eigenvalue weighted by atomic mass is 10.00. The first-order valence-electron chi connectivity index (χ1n) is 8.36. The van der Waals surface area contributed by atoms with E-state index in [0.29, 0.717) is 30.1 Å². The SMILES string of the molecule is CC1NCCCC1NC(=O)CCc1ncc(-c2ccccc2F)o1. The van der Waals surface area contributed by atoms with Crippen LogP contribution in [0.4, 0.5) is 4.39 Å². The van der Waals surface area contributed by atoms with Gasteiger partial charge in [0, 0.05) is 24.9 Å². The van der Waals surface area contributed by atoms with Crippen LogP contribution >= 0.6 is 0 Å². The number of carbonyl (C=O) groups is 1. The number of hydrogen-bond donors (Lipinski definition) is 2. The van der Waals surface area contributed by atoms with Gasteiger partial charge in [-0.05, 0) is 38.4 Å². The van der Waals surface area contributed by atoms with Crippen LogP contribution < -0.4 is 10.6 Å². The van der Waals surface area contributed by atoms with Gasteiger partial charge in [0.05, 0.1) is 11.8 Å². The molecular formula is C18H22FN3O2. The highest BCUT2D eigenvalue weighted by Gasteiger charge is 2.22. The molecule has 1 aromatic carbocycles. The number of nitrogens with one attached hydrogen (secondary N) is 2. The minimum Gasteiger partial charge on any atom is -0.441 e. The Morgan fingerprint density at radius 3 is 3.08 bits per heavy atom. The Bertz CT molecular complexity index is 701. The van der Waals surface area contributed by atoms with Gasteiger partial charge in [-0.25, -0.2) is 9.37 Å². The molecule has 2 N–H and O–H groups in total. The van der Waals surface area contributed by atoms with Crippen molar-refractivity contribution in [3.8, 4) is 11.3 Å². The molecule has 1 amide bonds. The monoisotopic (exact) mass is 331 g/mol. The summed E-state index contributed by atoms with van der Waals surface area (Å²) in [6.45, 7) is 3.08. The van der Waals surface area contributed by atoms with Gasteiger partial charge < -0.3 is 15.1 Å². The van der Waals surface area contributed by atoms with Gasteiger partial charge in [-0.3, -0.25) is 4.79 Å². The first-order chi connectivity index (χ1) is 11.6. The van der Waals surface area contributed by atoms with E-state index in [1.807, 2.05) is 0 Å². The zero-order valence-corrected chi connectivity index (χ0v) is 13.7. The Morgan fingerprint density at radius 2 is 2.29 bits per heavy atom. The summed E-state index contributed by atoms with van der Waals surface area (Å²) in [5, 5.41) is 6.41. The van der Waals surface area contributed by atoms with E-state index < -0.39 is 0 Å². The smallest absolute Gasteiger partial charge is 0.220 e. The van der Waals surface area contributed by atoms with Crippen molar-refractivity contribution in [2.45, 2.75) is 44.7 Å². The van der Waals surface area contributed by atoms with Gasteiger partial charge in [0.1, 0.15) is 5.82 Å². The summed E-state index contributed by atoms with van der Waals surface area (Å²) in [7, 11) is 0. The number of hydrogen-bond acceptors (Lipinski definition) is 4. The van der Waals surface area contributed by atoms with Crippen LogP contribution in [0, 0.1) is 5.82 Å². The Labute approximate surface area is 140 Å². The number of nitrogens with zero attached hydrogens (tertiary/aromatic N) is 1. The van der Waals surface area contributed by atoms with Gasteiger partial charge in [-0.2, -0.15) is 0 Å². The van der Waals surface area contributed by atoms with Crippen LogP contribution in [0.2, 0.25) is 0 Å². The molecule has 0 bridgehead atoms. The van der Waals surface area contributed by atoms with Gasteiger partial charge in [0.25, 0.3) is 0 Å². The molecule has 2 aromatic rings. The van der Waals surface area contributed by atoms with Crippen LogP contribution in [0.5, 0.6) is 0 Å². The zero-order valence-electron chi connectivity index (χ0n) is 13.7. The van der Waals surface area contributed by atoms with E-state index in [1.165, 1.54) is 12.3 Å². The predicted molar refractivity (Wildman–Crippen MR) is 88.8 cm³/mol. The molecule has 0 aliphatic carbocycles. The molecule has 1 saturated heterocycles. The topological polar surface area (TPSA) is 67.2 Å². The van der Waals surface area contributed by atoms with E-state index in [-0.39, 0.29) is 23.8 Å². The van der Waals surface area contributed by atoms with Crippen molar-refractivity contribution in [3.63, 3.8) is 0 Å². The van der Waals surface area contributed by atoms with Crippen molar-refractivity contribution >= 4 is 5.91 Å². The molecule has 1 aliphatic heterocycles. The Hall–Kier alpha value is -2.21. The average Bonchev–Trinajstić information content (AvgIpc) is 3.04. The lowest BCUT2D eigenvalue weighted by Crippen LogP contribution is -2.51. The van der Waals surface area contributed by atoms with E-state index in [0.717, 1.165) is 19.4 Å². The number of piperidine rings is 1. The van der Waals surface area contributed by atoms with Gasteiger partial charge in [-0.1, -0.05) is 12.1 Å². The fourth-order valence-corrected chi connectivity index (χ4v) is 2.95. The second-order valence-corrected chi connectivity index (χ2v) is 6.16. The highest BCUT2D eigenvalue weighted by Crippen LogP contribution is 2.23. The first kappa shape index (κ1) is 16.6. The molecule has 3 rings (SSSR count). The predicted octanol–water partition coefficient (Wildman–Crippen LogP) is 2.67. The first-order valence-corrected chi connectivity index (χ1v) is 8.36. The molecule has 1 aromatic heterocycles. The molecule has 1 fully saturated rings. The Morgan fingerprint density at radius 1 is 1.46 bits per heavy atom. The normalized spacial score (nSPS) is 20.8. The minimum absolute atomic E-state index is 0.0128. The van der Waals surface area contributed by atoms with Crippen molar-refractivity contribution < 1.29 is 13.6 Å². The summed E-state index contributed by atoms with van der Waals surface area (Å²) < 4.78 is 19.3. The minimum atomic E-state index is -0.350. The molecule has 1 aliphatic rings. The maximum absolute atomic E-state index is 13.7. The maximum Gasteiger partial charge on any atom is 0.220 e. The third kappa shape index (κ3) is 4.00. The number of amides is 1. The van der Waals surface area contributed by atoms with Crippen LogP contribution in [0.3, 0.4) is 0 Å². The largest absolute Gasteiger partial charge is 0.441 e. The lowest BCUT2D eigenvalue weighted by molar-refractivity contribution is -0.122. The number of aromatic nitrogens is 1. The lowest BCUT2D eigenvalue weighted by Gasteiger charge is -2.30. The molecular weight excluding hydrogens is 309 g/mol. The van der Waals surface area contributed by atoms with Crippen LogP contribution in [0.25, 0.3) is 11.3 Å². The summed E-state index contributed by atoms with van der Waals surface area (Å²) in [6.07, 6.45) is 4.27. The molecule has 2 atom stereocenters. The van der Waals surface area contributed by atoms with Gasteiger partial charge >= 0.3 is 0 Å². The van der Waals surface area contributed by atoms with Crippen LogP contribution in [0.15, 0.2) is 34.9 Å². The Balaban J connectivity index is 1.54. The fourth-order valence-electron chi connectivity index (χ4n) is 2.95. The third-order valence-corrected chi connectivity index (χ3v) is 4.37. The van der Waals surface area contributed by atoms with E-state index in [2.05, 4.69) is 22.5 Å². The molecule has 0 spiro atoms. The van der Waals surface area contributed by atoms with Gasteiger partial charge in [0.2, 0.25) is 5.91 Å². The van der Waals surface area contributed by atoms with Crippen molar-refractivity contribution in [1.82, 2.24) is 15.6 Å². The number of rotatable bonds is 5. The summed E-state index contributed by atoms with van der Waals surface area (Å²) in [5.74, 6) is 0.463. The summed E-state index contributed by atoms with van der Waals surface area (Å²) in [6, 6.07) is 6.85. The summed E-state index contributed by atoms with van der Waals surface area (Å²) >= 11 is 0. The molecule has 0 radical (unpaired) electrons. The van der Waals surface area contributed by atoms with Crippen molar-refractivity contribution in [3.05, 3.63) is 42.2 Å². The van der Waals surface area contributed by atoms with Gasteiger partial charge in [-0.15, -0.1) is 0 Å². The molecule has 2 heterocycles. The van der Waals surface area contributed by atoms with Crippen LogP contribution in [-0.4, -0.2) is 29.5 Å². The van der Waals surface area contributed by atoms with Crippen molar-refractivity contribution in [2.75, 3.05) is 6.54 Å². The third-order valence-electron chi connectivity index (χ3n) is 4.37. The molecule has 6 heteroatoms. The number of benzene rings is 1. The van der Waals surface area contributed by atoms with E-state index in [9.17, 15) is 9.18 Å². The fraction of sp³-hybridized carbons (Fsp3) is 0.444. The second-order valence-electron chi connectivity index (χ2n) is 6.16. The average molecular weight is 331 g/mol.